The second kappa shape index (κ2) is 5.08. The zero-order valence-corrected chi connectivity index (χ0v) is 10.6. The molecule has 20 heavy (non-hydrogen) atoms. The van der Waals surface area contributed by atoms with E-state index in [1.165, 1.54) is 19.1 Å². The summed E-state index contributed by atoms with van der Waals surface area (Å²) in [6.45, 7) is 1.43. The number of benzene rings is 1. The van der Waals surface area contributed by atoms with Crippen LogP contribution in [0.3, 0.4) is 0 Å². The Morgan fingerprint density at radius 3 is 2.25 bits per heavy atom. The van der Waals surface area contributed by atoms with Gasteiger partial charge in [-0.15, -0.1) is 0 Å². The first kappa shape index (κ1) is 14.8. The van der Waals surface area contributed by atoms with Crippen LogP contribution in [0.5, 0.6) is 0 Å². The summed E-state index contributed by atoms with van der Waals surface area (Å²) in [6, 6.07) is 4.73. The number of hydrogen-bond donors (Lipinski definition) is 4. The van der Waals surface area contributed by atoms with Gasteiger partial charge in [-0.1, -0.05) is 0 Å². The minimum absolute atomic E-state index is 0.0494. The van der Waals surface area contributed by atoms with Crippen molar-refractivity contribution in [3.63, 3.8) is 0 Å². The van der Waals surface area contributed by atoms with Gasteiger partial charge in [0.05, 0.1) is 11.0 Å². The molecule has 2 rings (SSSR count). The van der Waals surface area contributed by atoms with Crippen molar-refractivity contribution in [1.82, 2.24) is 0 Å². The summed E-state index contributed by atoms with van der Waals surface area (Å²) in [4.78, 5) is 9.97. The predicted octanol–water partition coefficient (Wildman–Crippen LogP) is -0.759. The summed E-state index contributed by atoms with van der Waals surface area (Å²) in [7, 11) is 0. The maximum Gasteiger partial charge on any atom is 0.269 e. The van der Waals surface area contributed by atoms with Crippen molar-refractivity contribution in [2.45, 2.75) is 37.1 Å². The molecule has 8 heteroatoms. The van der Waals surface area contributed by atoms with E-state index in [0.717, 1.165) is 12.1 Å². The lowest BCUT2D eigenvalue weighted by Gasteiger charge is -2.45. The zero-order chi connectivity index (χ0) is 15.1. The number of nitro groups is 1. The molecule has 0 amide bonds. The normalized spacial score (nSPS) is 37.6. The number of ether oxygens (including phenoxy) is 1. The van der Waals surface area contributed by atoms with Crippen LogP contribution in [0.1, 0.15) is 12.5 Å². The van der Waals surface area contributed by atoms with Crippen LogP contribution in [-0.4, -0.2) is 49.8 Å². The van der Waals surface area contributed by atoms with E-state index in [1.54, 1.807) is 0 Å². The Kier molecular flexibility index (Phi) is 3.76. The summed E-state index contributed by atoms with van der Waals surface area (Å²) in [5.41, 5.74) is -0.135. The van der Waals surface area contributed by atoms with E-state index in [-0.39, 0.29) is 11.3 Å². The SMILES string of the molecule is C[C@@H]1O[C@@](O)(c2ccc([N+](=O)[O-])cc2)[C@@H](O)[C@H](O)[C@@H]1O. The number of nitro benzene ring substituents is 1. The minimum atomic E-state index is -2.24. The summed E-state index contributed by atoms with van der Waals surface area (Å²) in [6.07, 6.45) is -5.65. The van der Waals surface area contributed by atoms with Crippen molar-refractivity contribution in [1.29, 1.82) is 0 Å². The van der Waals surface area contributed by atoms with Crippen molar-refractivity contribution in [3.8, 4) is 0 Å². The third kappa shape index (κ3) is 2.28. The van der Waals surface area contributed by atoms with Crippen LogP contribution >= 0.6 is 0 Å². The quantitative estimate of drug-likeness (QED) is 0.414. The van der Waals surface area contributed by atoms with E-state index in [1.807, 2.05) is 0 Å². The Balaban J connectivity index is 2.36. The standard InChI is InChI=1S/C12H15NO7/c1-6-9(14)10(15)11(16)12(17,20-6)7-2-4-8(5-3-7)13(18)19/h2-6,9-11,14-17H,1H3/t6-,9+,10+,11-,12-/m0/s1. The number of nitrogens with zero attached hydrogens (tertiary/aromatic N) is 1. The molecule has 1 aliphatic rings. The molecular formula is C12H15NO7. The lowest BCUT2D eigenvalue weighted by Crippen LogP contribution is -2.62. The van der Waals surface area contributed by atoms with E-state index in [0.29, 0.717) is 0 Å². The van der Waals surface area contributed by atoms with E-state index in [4.69, 9.17) is 4.74 Å². The third-order valence-corrected chi connectivity index (χ3v) is 3.41. The summed E-state index contributed by atoms with van der Waals surface area (Å²) in [5, 5.41) is 50.1. The molecule has 4 N–H and O–H groups in total. The number of aliphatic hydroxyl groups is 4. The molecule has 110 valence electrons. The Morgan fingerprint density at radius 1 is 1.20 bits per heavy atom. The van der Waals surface area contributed by atoms with Crippen LogP contribution in [-0.2, 0) is 10.5 Å². The van der Waals surface area contributed by atoms with Gasteiger partial charge in [-0.2, -0.15) is 0 Å². The van der Waals surface area contributed by atoms with Crippen LogP contribution in [0, 0.1) is 10.1 Å². The molecule has 1 aromatic carbocycles. The van der Waals surface area contributed by atoms with Gasteiger partial charge in [0.15, 0.2) is 0 Å². The van der Waals surface area contributed by atoms with Crippen molar-refractivity contribution < 1.29 is 30.1 Å². The first-order chi connectivity index (χ1) is 9.27. The fourth-order valence-electron chi connectivity index (χ4n) is 2.18. The van der Waals surface area contributed by atoms with Crippen LogP contribution in [0.2, 0.25) is 0 Å². The number of aliphatic hydroxyl groups excluding tert-OH is 3. The molecule has 5 atom stereocenters. The van der Waals surface area contributed by atoms with Crippen molar-refractivity contribution in [2.24, 2.45) is 0 Å². The van der Waals surface area contributed by atoms with Gasteiger partial charge in [0.2, 0.25) is 5.79 Å². The van der Waals surface area contributed by atoms with E-state index in [9.17, 15) is 30.5 Å². The van der Waals surface area contributed by atoms with Crippen LogP contribution in [0.4, 0.5) is 5.69 Å². The van der Waals surface area contributed by atoms with Crippen molar-refractivity contribution in [2.75, 3.05) is 0 Å². The molecule has 0 spiro atoms. The fourth-order valence-corrected chi connectivity index (χ4v) is 2.18. The van der Waals surface area contributed by atoms with Crippen molar-refractivity contribution >= 4 is 5.69 Å². The highest BCUT2D eigenvalue weighted by Crippen LogP contribution is 2.36. The molecule has 1 saturated heterocycles. The summed E-state index contributed by atoms with van der Waals surface area (Å²) < 4.78 is 5.18. The molecule has 1 fully saturated rings. The maximum atomic E-state index is 10.6. The lowest BCUT2D eigenvalue weighted by atomic mass is 9.88. The molecule has 0 aromatic heterocycles. The van der Waals surface area contributed by atoms with E-state index in [2.05, 4.69) is 0 Å². The van der Waals surface area contributed by atoms with Gasteiger partial charge >= 0.3 is 0 Å². The fraction of sp³-hybridized carbons (Fsp3) is 0.500. The van der Waals surface area contributed by atoms with Gasteiger partial charge in [0.1, 0.15) is 18.3 Å². The summed E-state index contributed by atoms with van der Waals surface area (Å²) in [5.74, 6) is -2.24. The highest BCUT2D eigenvalue weighted by atomic mass is 16.7. The topological polar surface area (TPSA) is 133 Å². The monoisotopic (exact) mass is 285 g/mol. The molecule has 0 saturated carbocycles. The highest BCUT2D eigenvalue weighted by Gasteiger charge is 2.52. The molecule has 0 unspecified atom stereocenters. The smallest absolute Gasteiger partial charge is 0.269 e. The number of non-ortho nitro benzene ring substituents is 1. The first-order valence-corrected chi connectivity index (χ1v) is 5.96. The van der Waals surface area contributed by atoms with Gasteiger partial charge in [-0.25, -0.2) is 0 Å². The lowest BCUT2D eigenvalue weighted by molar-refractivity contribution is -0.385. The summed E-state index contributed by atoms with van der Waals surface area (Å²) >= 11 is 0. The maximum absolute atomic E-state index is 10.6. The Bertz CT molecular complexity index is 505. The van der Waals surface area contributed by atoms with Crippen LogP contribution in [0.25, 0.3) is 0 Å². The molecule has 0 radical (unpaired) electrons. The Labute approximate surface area is 114 Å². The molecule has 0 bridgehead atoms. The highest BCUT2D eigenvalue weighted by molar-refractivity contribution is 5.35. The zero-order valence-electron chi connectivity index (χ0n) is 10.6. The largest absolute Gasteiger partial charge is 0.388 e. The van der Waals surface area contributed by atoms with Crippen molar-refractivity contribution in [3.05, 3.63) is 39.9 Å². The van der Waals surface area contributed by atoms with Gasteiger partial charge in [0.25, 0.3) is 5.69 Å². The van der Waals surface area contributed by atoms with Gasteiger partial charge in [0, 0.05) is 17.7 Å². The average Bonchev–Trinajstić information content (AvgIpc) is 2.43. The number of rotatable bonds is 2. The molecule has 1 aromatic rings. The second-order valence-electron chi connectivity index (χ2n) is 4.75. The van der Waals surface area contributed by atoms with Gasteiger partial charge < -0.3 is 25.2 Å². The molecular weight excluding hydrogens is 270 g/mol. The molecule has 8 nitrogen and oxygen atoms in total. The van der Waals surface area contributed by atoms with Crippen LogP contribution in [0.15, 0.2) is 24.3 Å². The van der Waals surface area contributed by atoms with Crippen LogP contribution < -0.4 is 0 Å². The molecule has 1 heterocycles. The van der Waals surface area contributed by atoms with Gasteiger partial charge in [-0.05, 0) is 19.1 Å². The van der Waals surface area contributed by atoms with E-state index < -0.39 is 35.1 Å². The average molecular weight is 285 g/mol. The second-order valence-corrected chi connectivity index (χ2v) is 4.75. The number of hydrogen-bond acceptors (Lipinski definition) is 7. The van der Waals surface area contributed by atoms with Gasteiger partial charge in [-0.3, -0.25) is 10.1 Å². The Hall–Kier alpha value is -1.58. The molecule has 0 aliphatic carbocycles. The Morgan fingerprint density at radius 2 is 1.75 bits per heavy atom. The molecule has 1 aliphatic heterocycles. The minimum Gasteiger partial charge on any atom is -0.388 e. The first-order valence-electron chi connectivity index (χ1n) is 5.96. The predicted molar refractivity (Wildman–Crippen MR) is 65.6 cm³/mol. The van der Waals surface area contributed by atoms with E-state index >= 15 is 0 Å². The third-order valence-electron chi connectivity index (χ3n) is 3.41.